The molecule has 0 radical (unpaired) electrons. The lowest BCUT2D eigenvalue weighted by Gasteiger charge is -2.70. The fourth-order valence-electron chi connectivity index (χ4n) is 9.92. The maximum atomic E-state index is 10.5. The van der Waals surface area contributed by atoms with Gasteiger partial charge >= 0.3 is 0 Å². The third-order valence-electron chi connectivity index (χ3n) is 11.6. The van der Waals surface area contributed by atoms with Crippen molar-refractivity contribution in [2.45, 2.75) is 66.2 Å². The Morgan fingerprint density at radius 3 is 2.03 bits per heavy atom. The molecule has 6 rings (SSSR count). The second-order valence-corrected chi connectivity index (χ2v) is 13.8. The van der Waals surface area contributed by atoms with E-state index in [9.17, 15) is 5.11 Å². The van der Waals surface area contributed by atoms with E-state index in [0.717, 1.165) is 19.6 Å². The van der Waals surface area contributed by atoms with Crippen LogP contribution >= 0.6 is 0 Å². The number of aliphatic hydroxyl groups is 1. The van der Waals surface area contributed by atoms with Crippen LogP contribution in [0.3, 0.4) is 0 Å². The first-order valence-corrected chi connectivity index (χ1v) is 15.6. The van der Waals surface area contributed by atoms with Crippen molar-refractivity contribution in [2.75, 3.05) is 72.7 Å². The van der Waals surface area contributed by atoms with Crippen LogP contribution < -0.4 is 0 Å². The summed E-state index contributed by atoms with van der Waals surface area (Å²) in [7, 11) is 0. The lowest BCUT2D eigenvalue weighted by Crippen LogP contribution is -2.65. The summed E-state index contributed by atoms with van der Waals surface area (Å²) in [4.78, 5) is 0. The molecule has 0 amide bonds. The Morgan fingerprint density at radius 1 is 0.816 bits per heavy atom. The van der Waals surface area contributed by atoms with E-state index in [1.54, 1.807) is 5.57 Å². The molecule has 1 spiro atoms. The van der Waals surface area contributed by atoms with Crippen LogP contribution in [0.5, 0.6) is 0 Å². The van der Waals surface area contributed by atoms with Gasteiger partial charge in [-0.15, -0.1) is 0 Å². The van der Waals surface area contributed by atoms with Gasteiger partial charge < -0.3 is 28.8 Å². The third kappa shape index (κ3) is 5.27. The molecule has 6 aliphatic rings. The second kappa shape index (κ2) is 12.2. The van der Waals surface area contributed by atoms with E-state index in [2.05, 4.69) is 33.8 Å². The predicted molar refractivity (Wildman–Crippen MR) is 148 cm³/mol. The van der Waals surface area contributed by atoms with Crippen LogP contribution in [0.1, 0.15) is 66.2 Å². The largest absolute Gasteiger partial charge is 0.396 e. The van der Waals surface area contributed by atoms with Crippen LogP contribution in [0, 0.1) is 51.8 Å². The Hall–Kier alpha value is -0.500. The summed E-state index contributed by atoms with van der Waals surface area (Å²) < 4.78 is 29.9. The minimum atomic E-state index is 0.0507. The van der Waals surface area contributed by atoms with Crippen molar-refractivity contribution < 1.29 is 28.8 Å². The molecule has 1 heterocycles. The van der Waals surface area contributed by atoms with Crippen molar-refractivity contribution in [3.8, 4) is 0 Å². The smallest absolute Gasteiger partial charge is 0.0701 e. The zero-order valence-corrected chi connectivity index (χ0v) is 24.6. The molecule has 0 aromatic rings. The van der Waals surface area contributed by atoms with Gasteiger partial charge in [0.1, 0.15) is 0 Å². The van der Waals surface area contributed by atoms with E-state index in [1.165, 1.54) is 32.1 Å². The molecule has 1 aliphatic heterocycles. The van der Waals surface area contributed by atoms with Gasteiger partial charge in [-0.2, -0.15) is 0 Å². The molecule has 3 saturated carbocycles. The Bertz CT molecular complexity index is 814. The maximum Gasteiger partial charge on any atom is 0.0701 e. The fraction of sp³-hybridized carbons (Fsp3) is 0.938. The summed E-state index contributed by atoms with van der Waals surface area (Å²) in [5.41, 5.74) is 2.13. The zero-order chi connectivity index (χ0) is 26.8. The van der Waals surface area contributed by atoms with E-state index in [4.69, 9.17) is 23.7 Å². The SMILES string of the molecule is CC(C)C1=C[C@]23CC[C@H]4[C@](C)(CO)CCC[C@]4(C)[C@H]2C[C@H]1[C@H]1COCCOCCOCCOCCOC[C@H]13. The molecule has 0 unspecified atom stereocenters. The van der Waals surface area contributed by atoms with E-state index < -0.39 is 0 Å². The maximum absolute atomic E-state index is 10.5. The number of aliphatic hydroxyl groups excluding tert-OH is 1. The van der Waals surface area contributed by atoms with Gasteiger partial charge in [-0.3, -0.25) is 0 Å². The zero-order valence-electron chi connectivity index (χ0n) is 24.6. The predicted octanol–water partition coefficient (Wildman–Crippen LogP) is 5.13. The van der Waals surface area contributed by atoms with Gasteiger partial charge in [-0.1, -0.05) is 45.8 Å². The first kappa shape index (κ1) is 29.0. The Balaban J connectivity index is 1.45. The summed E-state index contributed by atoms with van der Waals surface area (Å²) in [6.45, 7) is 16.4. The molecule has 218 valence electrons. The normalized spacial score (nSPS) is 45.4. The highest BCUT2D eigenvalue weighted by Crippen LogP contribution is 2.73. The number of allylic oxidation sites excluding steroid dienone is 2. The lowest BCUT2D eigenvalue weighted by molar-refractivity contribution is -0.204. The molecule has 2 bridgehead atoms. The molecule has 0 aromatic heterocycles. The van der Waals surface area contributed by atoms with Crippen LogP contribution in [-0.2, 0) is 23.7 Å². The standard InChI is InChI=1S/C32H54O6/c1-23(2)25-19-32-9-6-28-30(3,22-33)7-5-8-31(28,4)29(32)18-24(25)26-20-37-16-14-35-12-10-34-11-13-36-15-17-38-21-27(26)32/h19,23-24,26-29,33H,5-18,20-22H2,1-4H3/t24-,26-,27-,28+,29-,30+,31+,32+/m1/s1. The van der Waals surface area contributed by atoms with Crippen molar-refractivity contribution in [3.63, 3.8) is 0 Å². The highest BCUT2D eigenvalue weighted by molar-refractivity contribution is 5.31. The Morgan fingerprint density at radius 2 is 1.42 bits per heavy atom. The van der Waals surface area contributed by atoms with Crippen LogP contribution in [0.4, 0.5) is 0 Å². The summed E-state index contributed by atoms with van der Waals surface area (Å²) in [5.74, 6) is 3.26. The third-order valence-corrected chi connectivity index (χ3v) is 11.6. The molecule has 6 nitrogen and oxygen atoms in total. The number of hydrogen-bond donors (Lipinski definition) is 1. The lowest BCUT2D eigenvalue weighted by atomic mass is 9.34. The highest BCUT2D eigenvalue weighted by Gasteiger charge is 2.67. The van der Waals surface area contributed by atoms with Crippen LogP contribution in [0.2, 0.25) is 0 Å². The van der Waals surface area contributed by atoms with E-state index in [1.807, 2.05) is 0 Å². The molecule has 1 saturated heterocycles. The first-order valence-electron chi connectivity index (χ1n) is 15.6. The van der Waals surface area contributed by atoms with Gasteiger partial charge in [0.05, 0.1) is 66.1 Å². The van der Waals surface area contributed by atoms with Crippen molar-refractivity contribution in [1.29, 1.82) is 0 Å². The van der Waals surface area contributed by atoms with Crippen molar-refractivity contribution in [2.24, 2.45) is 51.8 Å². The van der Waals surface area contributed by atoms with Gasteiger partial charge in [0.15, 0.2) is 0 Å². The molecule has 6 heteroatoms. The second-order valence-electron chi connectivity index (χ2n) is 13.8. The summed E-state index contributed by atoms with van der Waals surface area (Å²) in [6.07, 6.45) is 10.1. The summed E-state index contributed by atoms with van der Waals surface area (Å²) >= 11 is 0. The number of fused-ring (bicyclic) bond motifs is 1. The quantitative estimate of drug-likeness (QED) is 0.496. The topological polar surface area (TPSA) is 66.4 Å². The fourth-order valence-corrected chi connectivity index (χ4v) is 9.92. The average molecular weight is 535 g/mol. The molecule has 5 aliphatic carbocycles. The Kier molecular flexibility index (Phi) is 9.28. The highest BCUT2D eigenvalue weighted by atomic mass is 16.6. The average Bonchev–Trinajstić information content (AvgIpc) is 2.90. The van der Waals surface area contributed by atoms with Crippen molar-refractivity contribution in [3.05, 3.63) is 11.6 Å². The van der Waals surface area contributed by atoms with Crippen LogP contribution in [-0.4, -0.2) is 77.8 Å². The monoisotopic (exact) mass is 534 g/mol. The van der Waals surface area contributed by atoms with Crippen molar-refractivity contribution in [1.82, 2.24) is 0 Å². The van der Waals surface area contributed by atoms with Gasteiger partial charge in [-0.25, -0.2) is 0 Å². The van der Waals surface area contributed by atoms with Gasteiger partial charge in [0.2, 0.25) is 0 Å². The van der Waals surface area contributed by atoms with E-state index in [0.29, 0.717) is 95.0 Å². The summed E-state index contributed by atoms with van der Waals surface area (Å²) in [6, 6.07) is 0. The molecule has 0 aromatic carbocycles. The molecule has 38 heavy (non-hydrogen) atoms. The molecular weight excluding hydrogens is 480 g/mol. The van der Waals surface area contributed by atoms with Crippen molar-refractivity contribution >= 4 is 0 Å². The number of ether oxygens (including phenoxy) is 5. The number of hydrogen-bond acceptors (Lipinski definition) is 6. The molecule has 4 fully saturated rings. The van der Waals surface area contributed by atoms with Gasteiger partial charge in [0, 0.05) is 6.61 Å². The summed E-state index contributed by atoms with van der Waals surface area (Å²) in [5, 5.41) is 10.5. The van der Waals surface area contributed by atoms with Crippen LogP contribution in [0.15, 0.2) is 11.6 Å². The van der Waals surface area contributed by atoms with E-state index in [-0.39, 0.29) is 16.2 Å². The van der Waals surface area contributed by atoms with Gasteiger partial charge in [0.25, 0.3) is 0 Å². The molecule has 1 N–H and O–H groups in total. The van der Waals surface area contributed by atoms with Crippen LogP contribution in [0.25, 0.3) is 0 Å². The number of rotatable bonds is 2. The first-order chi connectivity index (χ1) is 18.4. The Labute approximate surface area is 231 Å². The minimum Gasteiger partial charge on any atom is -0.396 e. The molecule has 8 atom stereocenters. The van der Waals surface area contributed by atoms with Gasteiger partial charge in [-0.05, 0) is 83.9 Å². The van der Waals surface area contributed by atoms with E-state index >= 15 is 0 Å². The minimum absolute atomic E-state index is 0.0507. The molecular formula is C32H54O6.